The lowest BCUT2D eigenvalue weighted by Crippen LogP contribution is -2.43. The van der Waals surface area contributed by atoms with Gasteiger partial charge in [-0.1, -0.05) is 13.8 Å². The summed E-state index contributed by atoms with van der Waals surface area (Å²) in [4.78, 5) is 24.3. The molecule has 0 aliphatic carbocycles. The monoisotopic (exact) mass is 246 g/mol. The second-order valence-corrected chi connectivity index (χ2v) is 5.26. The third-order valence-corrected chi connectivity index (χ3v) is 3.24. The van der Waals surface area contributed by atoms with E-state index < -0.39 is 5.91 Å². The van der Waals surface area contributed by atoms with Gasteiger partial charge in [0.2, 0.25) is 5.91 Å². The number of nitrogens with one attached hydrogen (secondary N) is 1. The highest BCUT2D eigenvalue weighted by molar-refractivity contribution is 6.28. The van der Waals surface area contributed by atoms with Crippen molar-refractivity contribution in [1.82, 2.24) is 10.2 Å². The Labute approximate surface area is 101 Å². The van der Waals surface area contributed by atoms with Crippen molar-refractivity contribution in [3.8, 4) is 0 Å². The number of rotatable bonds is 1. The van der Waals surface area contributed by atoms with E-state index in [1.807, 2.05) is 0 Å². The van der Waals surface area contributed by atoms with Gasteiger partial charge < -0.3 is 4.90 Å². The van der Waals surface area contributed by atoms with Crippen LogP contribution in [0.3, 0.4) is 0 Å². The average Bonchev–Trinajstić information content (AvgIpc) is 2.39. The van der Waals surface area contributed by atoms with Gasteiger partial charge in [0.15, 0.2) is 0 Å². The van der Waals surface area contributed by atoms with Crippen molar-refractivity contribution in [2.45, 2.75) is 33.1 Å². The minimum atomic E-state index is -0.435. The van der Waals surface area contributed by atoms with Crippen LogP contribution < -0.4 is 5.32 Å². The van der Waals surface area contributed by atoms with E-state index in [0.29, 0.717) is 13.1 Å². The first kappa shape index (κ1) is 13.3. The van der Waals surface area contributed by atoms with Gasteiger partial charge in [0.05, 0.1) is 0 Å². The quantitative estimate of drug-likeness (QED) is 0.720. The Morgan fingerprint density at radius 1 is 1.31 bits per heavy atom. The average molecular weight is 247 g/mol. The summed E-state index contributed by atoms with van der Waals surface area (Å²) < 4.78 is 0. The number of imide groups is 1. The third-order valence-electron chi connectivity index (χ3n) is 3.00. The molecule has 1 fully saturated rings. The van der Waals surface area contributed by atoms with Gasteiger partial charge in [-0.15, -0.1) is 11.6 Å². The lowest BCUT2D eigenvalue weighted by atomic mass is 9.85. The molecule has 1 aliphatic rings. The van der Waals surface area contributed by atoms with E-state index in [2.05, 4.69) is 19.2 Å². The first-order valence-electron chi connectivity index (χ1n) is 5.59. The van der Waals surface area contributed by atoms with Crippen molar-refractivity contribution in [1.29, 1.82) is 0 Å². The summed E-state index contributed by atoms with van der Waals surface area (Å²) in [5.74, 6) is -0.611. The number of likely N-dealkylation sites (tertiary alicyclic amines) is 1. The molecule has 1 heterocycles. The normalized spacial score (nSPS) is 20.1. The Morgan fingerprint density at radius 3 is 2.62 bits per heavy atom. The number of nitrogens with zero attached hydrogens (tertiary/aromatic N) is 1. The lowest BCUT2D eigenvalue weighted by molar-refractivity contribution is -0.117. The highest BCUT2D eigenvalue weighted by atomic mass is 35.5. The van der Waals surface area contributed by atoms with E-state index in [-0.39, 0.29) is 17.3 Å². The Bertz CT molecular complexity index is 279. The molecule has 3 amide bonds. The van der Waals surface area contributed by atoms with Crippen molar-refractivity contribution in [3.63, 3.8) is 0 Å². The molecule has 0 aromatic heterocycles. The number of alkyl halides is 1. The van der Waals surface area contributed by atoms with E-state index in [1.54, 1.807) is 4.90 Å². The second kappa shape index (κ2) is 5.53. The van der Waals surface area contributed by atoms with Crippen molar-refractivity contribution in [3.05, 3.63) is 0 Å². The van der Waals surface area contributed by atoms with Crippen molar-refractivity contribution >= 4 is 23.5 Å². The van der Waals surface area contributed by atoms with Crippen molar-refractivity contribution < 1.29 is 9.59 Å². The molecule has 92 valence electrons. The van der Waals surface area contributed by atoms with E-state index in [9.17, 15) is 9.59 Å². The highest BCUT2D eigenvalue weighted by Crippen LogP contribution is 2.29. The van der Waals surface area contributed by atoms with Gasteiger partial charge in [0.25, 0.3) is 0 Å². The van der Waals surface area contributed by atoms with Gasteiger partial charge >= 0.3 is 6.03 Å². The van der Waals surface area contributed by atoms with Crippen LogP contribution in [0, 0.1) is 5.41 Å². The van der Waals surface area contributed by atoms with Crippen LogP contribution >= 0.6 is 11.6 Å². The summed E-state index contributed by atoms with van der Waals surface area (Å²) in [6.07, 6.45) is 3.06. The number of carbonyl (C=O) groups is 2. The Morgan fingerprint density at radius 2 is 2.00 bits per heavy atom. The van der Waals surface area contributed by atoms with Crippen LogP contribution in [0.25, 0.3) is 0 Å². The molecule has 0 saturated carbocycles. The van der Waals surface area contributed by atoms with Gasteiger partial charge in [0.1, 0.15) is 5.88 Å². The van der Waals surface area contributed by atoms with Crippen LogP contribution in [0.5, 0.6) is 0 Å². The van der Waals surface area contributed by atoms with Crippen LogP contribution in [-0.4, -0.2) is 35.8 Å². The van der Waals surface area contributed by atoms with E-state index in [0.717, 1.165) is 19.3 Å². The van der Waals surface area contributed by atoms with E-state index >= 15 is 0 Å². The fourth-order valence-electron chi connectivity index (χ4n) is 1.86. The molecule has 0 spiro atoms. The zero-order valence-corrected chi connectivity index (χ0v) is 10.6. The Kier molecular flexibility index (Phi) is 4.59. The number of hydrogen-bond acceptors (Lipinski definition) is 2. The SMILES string of the molecule is CC1(C)CCCN(C(=O)NC(=O)CCl)CC1. The molecule has 0 unspecified atom stereocenters. The molecule has 1 aliphatic heterocycles. The van der Waals surface area contributed by atoms with Gasteiger partial charge in [-0.25, -0.2) is 4.79 Å². The second-order valence-electron chi connectivity index (χ2n) is 4.99. The molecular formula is C11H19ClN2O2. The number of halogens is 1. The van der Waals surface area contributed by atoms with Gasteiger partial charge in [-0.3, -0.25) is 10.1 Å². The molecule has 0 aromatic rings. The number of amides is 3. The maximum Gasteiger partial charge on any atom is 0.324 e. The van der Waals surface area contributed by atoms with Crippen LogP contribution in [0.1, 0.15) is 33.1 Å². The molecule has 0 atom stereocenters. The zero-order chi connectivity index (χ0) is 12.2. The molecule has 0 aromatic carbocycles. The Hall–Kier alpha value is -0.770. The largest absolute Gasteiger partial charge is 0.324 e. The van der Waals surface area contributed by atoms with Crippen LogP contribution in [0.4, 0.5) is 4.79 Å². The Balaban J connectivity index is 2.48. The minimum Gasteiger partial charge on any atom is -0.324 e. The maximum atomic E-state index is 11.7. The summed E-state index contributed by atoms with van der Waals surface area (Å²) in [5.41, 5.74) is 0.283. The topological polar surface area (TPSA) is 49.4 Å². The summed E-state index contributed by atoms with van der Waals surface area (Å²) in [5, 5.41) is 2.27. The molecule has 0 radical (unpaired) electrons. The van der Waals surface area contributed by atoms with Crippen molar-refractivity contribution in [2.75, 3.05) is 19.0 Å². The third kappa shape index (κ3) is 4.00. The zero-order valence-electron chi connectivity index (χ0n) is 9.88. The van der Waals surface area contributed by atoms with Crippen LogP contribution in [-0.2, 0) is 4.79 Å². The molecule has 16 heavy (non-hydrogen) atoms. The molecule has 4 nitrogen and oxygen atoms in total. The van der Waals surface area contributed by atoms with E-state index in [1.165, 1.54) is 0 Å². The predicted octanol–water partition coefficient (Wildman–Crippen LogP) is 1.97. The highest BCUT2D eigenvalue weighted by Gasteiger charge is 2.25. The molecular weight excluding hydrogens is 228 g/mol. The number of hydrogen-bond donors (Lipinski definition) is 1. The fourth-order valence-corrected chi connectivity index (χ4v) is 1.92. The molecule has 0 bridgehead atoms. The summed E-state index contributed by atoms with van der Waals surface area (Å²) >= 11 is 5.33. The predicted molar refractivity (Wildman–Crippen MR) is 63.5 cm³/mol. The summed E-state index contributed by atoms with van der Waals surface area (Å²) in [6.45, 7) is 5.83. The number of urea groups is 1. The molecule has 1 N–H and O–H groups in total. The van der Waals surface area contributed by atoms with Gasteiger partial charge in [-0.05, 0) is 24.7 Å². The first-order chi connectivity index (χ1) is 7.44. The fraction of sp³-hybridized carbons (Fsp3) is 0.818. The first-order valence-corrected chi connectivity index (χ1v) is 6.13. The summed E-state index contributed by atoms with van der Waals surface area (Å²) in [7, 11) is 0. The van der Waals surface area contributed by atoms with Crippen molar-refractivity contribution in [2.24, 2.45) is 5.41 Å². The maximum absolute atomic E-state index is 11.7. The number of carbonyl (C=O) groups excluding carboxylic acids is 2. The molecule has 1 saturated heterocycles. The van der Waals surface area contributed by atoms with E-state index in [4.69, 9.17) is 11.6 Å². The van der Waals surface area contributed by atoms with Crippen LogP contribution in [0.15, 0.2) is 0 Å². The van der Waals surface area contributed by atoms with Gasteiger partial charge in [0, 0.05) is 13.1 Å². The molecule has 1 rings (SSSR count). The lowest BCUT2D eigenvalue weighted by Gasteiger charge is -2.23. The van der Waals surface area contributed by atoms with Crippen LogP contribution in [0.2, 0.25) is 0 Å². The van der Waals surface area contributed by atoms with Gasteiger partial charge in [-0.2, -0.15) is 0 Å². The molecule has 5 heteroatoms. The minimum absolute atomic E-state index is 0.176. The smallest absolute Gasteiger partial charge is 0.324 e. The summed E-state index contributed by atoms with van der Waals surface area (Å²) in [6, 6.07) is -0.316. The standard InChI is InChI=1S/C11H19ClN2O2/c1-11(2)4-3-6-14(7-5-11)10(16)13-9(15)8-12/h3-8H2,1-2H3,(H,13,15,16).